The number of carbonyl (C=O) groups is 1. The van der Waals surface area contributed by atoms with Gasteiger partial charge in [-0.05, 0) is 0 Å². The van der Waals surface area contributed by atoms with Gasteiger partial charge in [0.2, 0.25) is 6.61 Å². The summed E-state index contributed by atoms with van der Waals surface area (Å²) in [5.41, 5.74) is 0. The monoisotopic (exact) mass is 186 g/mol. The third-order valence-corrected chi connectivity index (χ3v) is 1.02. The van der Waals surface area contributed by atoms with Crippen molar-refractivity contribution in [3.63, 3.8) is 0 Å². The maximum absolute atomic E-state index is 10.1. The molecular weight excluding hydrogens is 179 g/mol. The second kappa shape index (κ2) is 4.47. The fourth-order valence-electron chi connectivity index (χ4n) is 0.311. The van der Waals surface area contributed by atoms with E-state index in [0.29, 0.717) is 0 Å². The number of halogens is 1. The molecule has 0 aromatic rings. The minimum absolute atomic E-state index is 0.246. The molecule has 0 saturated heterocycles. The zero-order valence-corrected chi connectivity index (χ0v) is 6.50. The molecule has 6 nitrogen and oxygen atoms in total. The highest BCUT2D eigenvalue weighted by molar-refractivity contribution is 5.65. The number of rotatable bonds is 4. The zero-order valence-electron chi connectivity index (χ0n) is 5.74. The molecule has 0 fully saturated rings. The SMILES string of the molecule is CC(=O)OCCO[Cl+3]([O-])([O-])[O-]. The maximum Gasteiger partial charge on any atom is 0.302 e. The van der Waals surface area contributed by atoms with Crippen LogP contribution in [0, 0.1) is 10.2 Å². The van der Waals surface area contributed by atoms with E-state index in [9.17, 15) is 18.8 Å². The summed E-state index contributed by atoms with van der Waals surface area (Å²) in [6.07, 6.45) is 0. The number of ether oxygens (including phenoxy) is 1. The van der Waals surface area contributed by atoms with Crippen LogP contribution in [0.15, 0.2) is 0 Å². The summed E-state index contributed by atoms with van der Waals surface area (Å²) >= 11 is 0. The Bertz CT molecular complexity index is 129. The molecule has 7 heteroatoms. The molecule has 11 heavy (non-hydrogen) atoms. The van der Waals surface area contributed by atoms with Gasteiger partial charge >= 0.3 is 5.97 Å². The lowest BCUT2D eigenvalue weighted by molar-refractivity contribution is -1.92. The highest BCUT2D eigenvalue weighted by Crippen LogP contribution is 1.87. The third-order valence-electron chi connectivity index (χ3n) is 0.599. The van der Waals surface area contributed by atoms with E-state index in [2.05, 4.69) is 9.03 Å². The molecule has 0 radical (unpaired) electrons. The minimum Gasteiger partial charge on any atom is -0.463 e. The second-order valence-electron chi connectivity index (χ2n) is 1.53. The summed E-state index contributed by atoms with van der Waals surface area (Å²) in [6, 6.07) is 0. The first-order valence-corrected chi connectivity index (χ1v) is 3.84. The van der Waals surface area contributed by atoms with Gasteiger partial charge in [0.25, 0.3) is 0 Å². The van der Waals surface area contributed by atoms with Crippen LogP contribution in [0.2, 0.25) is 0 Å². The number of carbonyl (C=O) groups excluding carboxylic acids is 1. The molecule has 0 rings (SSSR count). The molecule has 0 atom stereocenters. The molecule has 0 bridgehead atoms. The molecule has 0 aliphatic rings. The largest absolute Gasteiger partial charge is 0.463 e. The summed E-state index contributed by atoms with van der Waals surface area (Å²) in [7, 11) is -4.41. The van der Waals surface area contributed by atoms with Gasteiger partial charge in [0.15, 0.2) is 0 Å². The molecule has 0 spiro atoms. The molecule has 0 amide bonds. The molecule has 0 aliphatic heterocycles. The summed E-state index contributed by atoms with van der Waals surface area (Å²) < 4.78 is 37.1. The van der Waals surface area contributed by atoms with Crippen molar-refractivity contribution < 1.29 is 38.0 Å². The van der Waals surface area contributed by atoms with Gasteiger partial charge in [-0.25, -0.2) is 0 Å². The zero-order chi connectivity index (χ0) is 8.91. The van der Waals surface area contributed by atoms with Crippen LogP contribution >= 0.6 is 0 Å². The maximum atomic E-state index is 10.1. The smallest absolute Gasteiger partial charge is 0.302 e. The van der Waals surface area contributed by atoms with Crippen LogP contribution in [-0.2, 0) is 13.8 Å². The van der Waals surface area contributed by atoms with Gasteiger partial charge in [-0.3, -0.25) is 4.79 Å². The molecule has 0 aromatic heterocycles. The summed E-state index contributed by atoms with van der Waals surface area (Å²) in [4.78, 5) is 10.1. The van der Waals surface area contributed by atoms with Gasteiger partial charge in [-0.1, -0.05) is 0 Å². The van der Waals surface area contributed by atoms with E-state index in [1.54, 1.807) is 0 Å². The topological polar surface area (TPSA) is 105 Å². The number of esters is 1. The molecule has 0 aliphatic carbocycles. The van der Waals surface area contributed by atoms with Crippen molar-refractivity contribution in [3.05, 3.63) is 0 Å². The van der Waals surface area contributed by atoms with Crippen LogP contribution in [0.3, 0.4) is 0 Å². The molecule has 0 saturated carbocycles. The van der Waals surface area contributed by atoms with Gasteiger partial charge in [0.05, 0.1) is 14.5 Å². The second-order valence-corrected chi connectivity index (χ2v) is 2.51. The highest BCUT2D eigenvalue weighted by Gasteiger charge is 2.16. The lowest BCUT2D eigenvalue weighted by Crippen LogP contribution is -2.61. The van der Waals surface area contributed by atoms with Gasteiger partial charge in [-0.2, -0.15) is 14.0 Å². The van der Waals surface area contributed by atoms with Crippen LogP contribution in [0.1, 0.15) is 6.92 Å². The predicted molar refractivity (Wildman–Crippen MR) is 22.6 cm³/mol. The van der Waals surface area contributed by atoms with Crippen molar-refractivity contribution >= 4 is 5.97 Å². The van der Waals surface area contributed by atoms with Crippen LogP contribution in [-0.4, -0.2) is 19.2 Å². The van der Waals surface area contributed by atoms with Gasteiger partial charge in [0.1, 0.15) is 6.61 Å². The van der Waals surface area contributed by atoms with Crippen molar-refractivity contribution in [1.82, 2.24) is 0 Å². The fourth-order valence-corrected chi connectivity index (χ4v) is 0.563. The van der Waals surface area contributed by atoms with E-state index in [1.807, 2.05) is 0 Å². The molecule has 0 aromatic carbocycles. The lowest BCUT2D eigenvalue weighted by Gasteiger charge is -2.11. The van der Waals surface area contributed by atoms with E-state index < -0.39 is 22.8 Å². The Labute approximate surface area is 65.1 Å². The van der Waals surface area contributed by atoms with Crippen molar-refractivity contribution in [3.8, 4) is 0 Å². The van der Waals surface area contributed by atoms with E-state index in [0.717, 1.165) is 6.92 Å². The Kier molecular flexibility index (Phi) is 4.31. The summed E-state index contributed by atoms with van der Waals surface area (Å²) in [5.74, 6) is -0.562. The molecule has 0 N–H and O–H groups in total. The van der Waals surface area contributed by atoms with Gasteiger partial charge in [0, 0.05) is 6.92 Å². The standard InChI is InChI=1S/C4H7ClO6/c1-4(6)10-2-3-11-5(7,8)9/h2-3H2,1H3. The summed E-state index contributed by atoms with van der Waals surface area (Å²) in [5, 5.41) is 0. The third kappa shape index (κ3) is 9.60. The highest BCUT2D eigenvalue weighted by atomic mass is 35.7. The fraction of sp³-hybridized carbons (Fsp3) is 0.750. The Balaban J connectivity index is 3.22. The Hall–Kier alpha value is -0.400. The number of hydrogen-bond acceptors (Lipinski definition) is 6. The Morgan fingerprint density at radius 3 is 2.27 bits per heavy atom. The quantitative estimate of drug-likeness (QED) is 0.333. The number of hydrogen-bond donors (Lipinski definition) is 0. The first-order valence-electron chi connectivity index (χ1n) is 2.60. The minimum atomic E-state index is -4.41. The van der Waals surface area contributed by atoms with Crippen molar-refractivity contribution in [2.24, 2.45) is 0 Å². The van der Waals surface area contributed by atoms with E-state index >= 15 is 0 Å². The predicted octanol–water partition coefficient (Wildman–Crippen LogP) is -3.54. The lowest BCUT2D eigenvalue weighted by atomic mass is 10.7. The van der Waals surface area contributed by atoms with E-state index in [-0.39, 0.29) is 6.61 Å². The van der Waals surface area contributed by atoms with Crippen LogP contribution in [0.25, 0.3) is 0 Å². The van der Waals surface area contributed by atoms with Crippen LogP contribution in [0.5, 0.6) is 0 Å². The Morgan fingerprint density at radius 1 is 1.36 bits per heavy atom. The van der Waals surface area contributed by atoms with Crippen molar-refractivity contribution in [1.29, 1.82) is 0 Å². The molecule has 0 heterocycles. The van der Waals surface area contributed by atoms with Crippen molar-refractivity contribution in [2.45, 2.75) is 6.92 Å². The molecular formula is C4H7ClO6. The molecule has 66 valence electrons. The van der Waals surface area contributed by atoms with Gasteiger partial charge in [-0.15, -0.1) is 0 Å². The van der Waals surface area contributed by atoms with Crippen LogP contribution < -0.4 is 14.0 Å². The average molecular weight is 187 g/mol. The normalized spacial score (nSPS) is 11.3. The van der Waals surface area contributed by atoms with Crippen LogP contribution in [0.4, 0.5) is 0 Å². The Morgan fingerprint density at radius 2 is 1.91 bits per heavy atom. The van der Waals surface area contributed by atoms with E-state index in [4.69, 9.17) is 0 Å². The van der Waals surface area contributed by atoms with Gasteiger partial charge < -0.3 is 4.74 Å². The van der Waals surface area contributed by atoms with E-state index in [1.165, 1.54) is 0 Å². The first-order chi connectivity index (χ1) is 4.92. The summed E-state index contributed by atoms with van der Waals surface area (Å²) in [6.45, 7) is 0.459. The van der Waals surface area contributed by atoms with Crippen molar-refractivity contribution in [2.75, 3.05) is 13.2 Å². The first kappa shape index (κ1) is 10.6. The molecule has 0 unspecified atom stereocenters. The average Bonchev–Trinajstić information content (AvgIpc) is 1.78.